The SMILES string of the molecule is CN(C)S(=O)(=O)c1ccc2c(c1)CC(Cl)c1ccccc1S2. The Labute approximate surface area is 140 Å². The third-order valence-corrected chi connectivity index (χ3v) is 7.10. The third kappa shape index (κ3) is 2.78. The van der Waals surface area contributed by atoms with Gasteiger partial charge in [0.1, 0.15) is 0 Å². The number of alkyl halides is 1. The summed E-state index contributed by atoms with van der Waals surface area (Å²) >= 11 is 8.18. The summed E-state index contributed by atoms with van der Waals surface area (Å²) in [4.78, 5) is 2.50. The van der Waals surface area contributed by atoms with Gasteiger partial charge in [-0.15, -0.1) is 11.6 Å². The molecule has 0 aliphatic carbocycles. The Hall–Kier alpha value is -1.01. The average Bonchev–Trinajstić information content (AvgIpc) is 2.62. The van der Waals surface area contributed by atoms with E-state index >= 15 is 0 Å². The zero-order valence-electron chi connectivity index (χ0n) is 12.3. The van der Waals surface area contributed by atoms with Crippen LogP contribution in [0.1, 0.15) is 16.5 Å². The van der Waals surface area contributed by atoms with Gasteiger partial charge >= 0.3 is 0 Å². The Balaban J connectivity index is 2.08. The van der Waals surface area contributed by atoms with E-state index < -0.39 is 10.0 Å². The van der Waals surface area contributed by atoms with Crippen LogP contribution in [0.3, 0.4) is 0 Å². The molecule has 0 fully saturated rings. The molecule has 3 nitrogen and oxygen atoms in total. The van der Waals surface area contributed by atoms with Crippen LogP contribution < -0.4 is 0 Å². The summed E-state index contributed by atoms with van der Waals surface area (Å²) in [7, 11) is -0.351. The minimum Gasteiger partial charge on any atom is -0.207 e. The number of rotatable bonds is 2. The molecule has 2 aromatic carbocycles. The molecule has 6 heteroatoms. The predicted molar refractivity (Wildman–Crippen MR) is 90.2 cm³/mol. The highest BCUT2D eigenvalue weighted by Gasteiger charge is 2.24. The van der Waals surface area contributed by atoms with Gasteiger partial charge in [-0.25, -0.2) is 12.7 Å². The normalized spacial score (nSPS) is 17.7. The van der Waals surface area contributed by atoms with E-state index in [4.69, 9.17) is 11.6 Å². The number of fused-ring (bicyclic) bond motifs is 2. The Morgan fingerprint density at radius 3 is 2.59 bits per heavy atom. The van der Waals surface area contributed by atoms with Gasteiger partial charge in [-0.3, -0.25) is 0 Å². The molecule has 0 aromatic heterocycles. The maximum Gasteiger partial charge on any atom is 0.242 e. The lowest BCUT2D eigenvalue weighted by atomic mass is 10.0. The van der Waals surface area contributed by atoms with Crippen LogP contribution in [-0.4, -0.2) is 26.8 Å². The maximum absolute atomic E-state index is 12.3. The molecule has 0 bridgehead atoms. The minimum atomic E-state index is -3.43. The van der Waals surface area contributed by atoms with Crippen molar-refractivity contribution in [2.45, 2.75) is 26.5 Å². The van der Waals surface area contributed by atoms with Gasteiger partial charge in [0.2, 0.25) is 10.0 Å². The standard InChI is InChI=1S/C16H16ClNO2S2/c1-18(2)22(19,20)12-7-8-15-11(9-12)10-14(17)13-5-3-4-6-16(13)21-15/h3-9,14H,10H2,1-2H3. The minimum absolute atomic E-state index is 0.151. The van der Waals surface area contributed by atoms with Crippen molar-refractivity contribution in [3.63, 3.8) is 0 Å². The number of hydrogen-bond donors (Lipinski definition) is 0. The maximum atomic E-state index is 12.3. The van der Waals surface area contributed by atoms with E-state index in [1.807, 2.05) is 24.3 Å². The van der Waals surface area contributed by atoms with Gasteiger partial charge < -0.3 is 0 Å². The van der Waals surface area contributed by atoms with Crippen LogP contribution in [0.15, 0.2) is 57.2 Å². The first-order valence-corrected chi connectivity index (χ1v) is 9.55. The van der Waals surface area contributed by atoms with Crippen molar-refractivity contribution in [3.05, 3.63) is 53.6 Å². The molecule has 2 aromatic rings. The number of benzene rings is 2. The zero-order chi connectivity index (χ0) is 15.9. The van der Waals surface area contributed by atoms with Crippen LogP contribution in [0, 0.1) is 0 Å². The second-order valence-electron chi connectivity index (χ2n) is 5.37. The Morgan fingerprint density at radius 2 is 1.86 bits per heavy atom. The summed E-state index contributed by atoms with van der Waals surface area (Å²) in [5.41, 5.74) is 2.08. The van der Waals surface area contributed by atoms with E-state index in [2.05, 4.69) is 6.07 Å². The van der Waals surface area contributed by atoms with Crippen molar-refractivity contribution in [1.29, 1.82) is 0 Å². The van der Waals surface area contributed by atoms with Crippen LogP contribution in [0.5, 0.6) is 0 Å². The lowest BCUT2D eigenvalue weighted by molar-refractivity contribution is 0.520. The van der Waals surface area contributed by atoms with Gasteiger partial charge in [0.15, 0.2) is 0 Å². The molecule has 0 N–H and O–H groups in total. The molecule has 1 unspecified atom stereocenters. The van der Waals surface area contributed by atoms with Crippen molar-refractivity contribution in [2.75, 3.05) is 14.1 Å². The summed E-state index contributed by atoms with van der Waals surface area (Å²) in [5.74, 6) is 0. The second-order valence-corrected chi connectivity index (χ2v) is 9.13. The van der Waals surface area contributed by atoms with Gasteiger partial charge in [0, 0.05) is 23.9 Å². The number of halogens is 1. The van der Waals surface area contributed by atoms with Gasteiger partial charge in [-0.1, -0.05) is 30.0 Å². The molecule has 0 radical (unpaired) electrons. The first kappa shape index (κ1) is 15.9. The molecule has 1 aliphatic heterocycles. The fourth-order valence-corrected chi connectivity index (χ4v) is 4.94. The van der Waals surface area contributed by atoms with Crippen LogP contribution in [0.25, 0.3) is 0 Å². The van der Waals surface area contributed by atoms with E-state index in [0.717, 1.165) is 20.9 Å². The highest BCUT2D eigenvalue weighted by molar-refractivity contribution is 7.99. The molecular formula is C16H16ClNO2S2. The number of nitrogens with zero attached hydrogens (tertiary/aromatic N) is 1. The van der Waals surface area contributed by atoms with E-state index in [0.29, 0.717) is 11.3 Å². The second kappa shape index (κ2) is 5.89. The van der Waals surface area contributed by atoms with Crippen molar-refractivity contribution in [3.8, 4) is 0 Å². The summed E-state index contributed by atoms with van der Waals surface area (Å²) in [6.45, 7) is 0. The summed E-state index contributed by atoms with van der Waals surface area (Å²) in [5, 5.41) is -0.151. The van der Waals surface area contributed by atoms with Crippen LogP contribution in [0.2, 0.25) is 0 Å². The lowest BCUT2D eigenvalue weighted by Crippen LogP contribution is -2.22. The molecule has 1 heterocycles. The topological polar surface area (TPSA) is 37.4 Å². The fraction of sp³-hybridized carbons (Fsp3) is 0.250. The van der Waals surface area contributed by atoms with Gasteiger partial charge in [0.05, 0.1) is 10.3 Å². The fourth-order valence-electron chi connectivity index (χ4n) is 2.44. The predicted octanol–water partition coefficient (Wildman–Crippen LogP) is 3.92. The van der Waals surface area contributed by atoms with Crippen molar-refractivity contribution < 1.29 is 8.42 Å². The monoisotopic (exact) mass is 353 g/mol. The van der Waals surface area contributed by atoms with Gasteiger partial charge in [0.25, 0.3) is 0 Å². The summed E-state index contributed by atoms with van der Waals surface area (Å²) in [6.07, 6.45) is 0.623. The molecule has 3 rings (SSSR count). The highest BCUT2D eigenvalue weighted by Crippen LogP contribution is 2.43. The van der Waals surface area contributed by atoms with Crippen molar-refractivity contribution in [1.82, 2.24) is 4.31 Å². The summed E-state index contributed by atoms with van der Waals surface area (Å²) in [6, 6.07) is 13.3. The molecular weight excluding hydrogens is 338 g/mol. The average molecular weight is 354 g/mol. The molecule has 22 heavy (non-hydrogen) atoms. The Kier molecular flexibility index (Phi) is 4.25. The van der Waals surface area contributed by atoms with Gasteiger partial charge in [-0.2, -0.15) is 0 Å². The van der Waals surface area contributed by atoms with Crippen molar-refractivity contribution in [2.24, 2.45) is 0 Å². The quantitative estimate of drug-likeness (QED) is 0.768. The zero-order valence-corrected chi connectivity index (χ0v) is 14.7. The Bertz CT molecular complexity index is 819. The van der Waals surface area contributed by atoms with E-state index in [9.17, 15) is 8.42 Å². The van der Waals surface area contributed by atoms with E-state index in [1.54, 1.807) is 23.9 Å². The van der Waals surface area contributed by atoms with Crippen molar-refractivity contribution >= 4 is 33.4 Å². The molecule has 116 valence electrons. The largest absolute Gasteiger partial charge is 0.242 e. The van der Waals surface area contributed by atoms with Gasteiger partial charge in [-0.05, 0) is 41.8 Å². The number of hydrogen-bond acceptors (Lipinski definition) is 3. The first-order valence-electron chi connectivity index (χ1n) is 6.86. The third-order valence-electron chi connectivity index (χ3n) is 3.69. The molecule has 1 aliphatic rings. The molecule has 0 amide bonds. The smallest absolute Gasteiger partial charge is 0.207 e. The van der Waals surface area contributed by atoms with E-state index in [1.165, 1.54) is 18.4 Å². The molecule has 0 saturated heterocycles. The molecule has 1 atom stereocenters. The first-order chi connectivity index (χ1) is 10.4. The molecule has 0 spiro atoms. The lowest BCUT2D eigenvalue weighted by Gasteiger charge is -2.14. The molecule has 0 saturated carbocycles. The van der Waals surface area contributed by atoms with Crippen LogP contribution in [0.4, 0.5) is 0 Å². The number of sulfonamides is 1. The summed E-state index contributed by atoms with van der Waals surface area (Å²) < 4.78 is 25.8. The Morgan fingerprint density at radius 1 is 1.14 bits per heavy atom. The highest BCUT2D eigenvalue weighted by atomic mass is 35.5. The van der Waals surface area contributed by atoms with E-state index in [-0.39, 0.29) is 5.38 Å². The van der Waals surface area contributed by atoms with Crippen LogP contribution in [-0.2, 0) is 16.4 Å². The van der Waals surface area contributed by atoms with Crippen LogP contribution >= 0.6 is 23.4 Å².